The van der Waals surface area contributed by atoms with Crippen LogP contribution in [0.1, 0.15) is 37.2 Å². The Morgan fingerprint density at radius 1 is 1.39 bits per heavy atom. The molecule has 1 heterocycles. The van der Waals surface area contributed by atoms with Crippen LogP contribution in [0.4, 0.5) is 0 Å². The Kier molecular flexibility index (Phi) is 5.82. The van der Waals surface area contributed by atoms with Crippen molar-refractivity contribution in [2.24, 2.45) is 7.05 Å². The molecule has 0 bridgehead atoms. The van der Waals surface area contributed by atoms with Gasteiger partial charge >= 0.3 is 0 Å². The smallest absolute Gasteiger partial charge is 0.0628 e. The third-order valence-electron chi connectivity index (χ3n) is 3.55. The summed E-state index contributed by atoms with van der Waals surface area (Å²) in [6, 6.07) is 0.869. The van der Waals surface area contributed by atoms with Crippen molar-refractivity contribution >= 4 is 0 Å². The lowest BCUT2D eigenvalue weighted by Crippen LogP contribution is -2.40. The maximum atomic E-state index is 5.22. The molecule has 0 radical (unpaired) electrons. The van der Waals surface area contributed by atoms with Crippen LogP contribution in [0.5, 0.6) is 0 Å². The zero-order chi connectivity index (χ0) is 13.7. The van der Waals surface area contributed by atoms with Crippen molar-refractivity contribution in [2.75, 3.05) is 13.7 Å². The Morgan fingerprint density at radius 3 is 2.50 bits per heavy atom. The van der Waals surface area contributed by atoms with Crippen LogP contribution in [0.15, 0.2) is 0 Å². The molecule has 1 N–H and O–H groups in total. The standard InChI is InChI=1S/C14H27N3O/c1-7-13(9-18-6)15-10(2)8-14-11(3)16-17(5)12(14)4/h10,13,15H,7-9H2,1-6H3/t10-,13+/m1/s1. The number of methoxy groups -OCH3 is 1. The van der Waals surface area contributed by atoms with Crippen LogP contribution in [0.2, 0.25) is 0 Å². The van der Waals surface area contributed by atoms with E-state index in [1.807, 2.05) is 11.7 Å². The van der Waals surface area contributed by atoms with Crippen molar-refractivity contribution in [3.05, 3.63) is 17.0 Å². The Hall–Kier alpha value is -0.870. The van der Waals surface area contributed by atoms with Gasteiger partial charge in [-0.25, -0.2) is 0 Å². The summed E-state index contributed by atoms with van der Waals surface area (Å²) in [5.41, 5.74) is 3.77. The number of aryl methyl sites for hydroxylation is 2. The third-order valence-corrected chi connectivity index (χ3v) is 3.55. The molecule has 2 atom stereocenters. The summed E-state index contributed by atoms with van der Waals surface area (Å²) in [4.78, 5) is 0. The second kappa shape index (κ2) is 6.90. The summed E-state index contributed by atoms with van der Waals surface area (Å²) in [5.74, 6) is 0. The molecule has 0 saturated heterocycles. The number of hydrogen-bond donors (Lipinski definition) is 1. The van der Waals surface area contributed by atoms with E-state index in [1.54, 1.807) is 7.11 Å². The van der Waals surface area contributed by atoms with E-state index in [0.29, 0.717) is 12.1 Å². The molecular formula is C14H27N3O. The van der Waals surface area contributed by atoms with E-state index in [0.717, 1.165) is 25.1 Å². The van der Waals surface area contributed by atoms with Crippen molar-refractivity contribution in [1.29, 1.82) is 0 Å². The Morgan fingerprint density at radius 2 is 2.06 bits per heavy atom. The molecule has 1 rings (SSSR count). The van der Waals surface area contributed by atoms with Crippen LogP contribution in [-0.2, 0) is 18.2 Å². The fourth-order valence-electron chi connectivity index (χ4n) is 2.37. The van der Waals surface area contributed by atoms with E-state index >= 15 is 0 Å². The SMILES string of the molecule is CC[C@@H](COC)N[C@H](C)Cc1c(C)nn(C)c1C. The van der Waals surface area contributed by atoms with Crippen molar-refractivity contribution < 1.29 is 4.74 Å². The normalized spacial score (nSPS) is 14.8. The van der Waals surface area contributed by atoms with Gasteiger partial charge < -0.3 is 10.1 Å². The summed E-state index contributed by atoms with van der Waals surface area (Å²) in [5, 5.41) is 8.08. The van der Waals surface area contributed by atoms with Crippen LogP contribution in [0, 0.1) is 13.8 Å². The number of ether oxygens (including phenoxy) is 1. The number of hydrogen-bond acceptors (Lipinski definition) is 3. The van der Waals surface area contributed by atoms with E-state index in [2.05, 4.69) is 38.1 Å². The lowest BCUT2D eigenvalue weighted by molar-refractivity contribution is 0.159. The quantitative estimate of drug-likeness (QED) is 0.807. The van der Waals surface area contributed by atoms with Crippen molar-refractivity contribution in [1.82, 2.24) is 15.1 Å². The highest BCUT2D eigenvalue weighted by atomic mass is 16.5. The maximum absolute atomic E-state index is 5.22. The van der Waals surface area contributed by atoms with Crippen LogP contribution in [0.3, 0.4) is 0 Å². The third kappa shape index (κ3) is 3.82. The number of nitrogens with one attached hydrogen (secondary N) is 1. The minimum atomic E-state index is 0.433. The molecule has 4 heteroatoms. The van der Waals surface area contributed by atoms with Gasteiger partial charge in [-0.1, -0.05) is 6.92 Å². The fourth-order valence-corrected chi connectivity index (χ4v) is 2.37. The lowest BCUT2D eigenvalue weighted by atomic mass is 10.0. The molecule has 1 aromatic heterocycles. The molecule has 0 aromatic carbocycles. The Bertz CT molecular complexity index is 373. The van der Waals surface area contributed by atoms with Crippen molar-refractivity contribution in [2.45, 2.75) is 52.6 Å². The molecule has 0 spiro atoms. The van der Waals surface area contributed by atoms with E-state index in [4.69, 9.17) is 4.74 Å². The van der Waals surface area contributed by atoms with Crippen molar-refractivity contribution in [3.8, 4) is 0 Å². The number of aromatic nitrogens is 2. The van der Waals surface area contributed by atoms with Gasteiger partial charge in [0, 0.05) is 31.9 Å². The monoisotopic (exact) mass is 253 g/mol. The predicted molar refractivity (Wildman–Crippen MR) is 74.9 cm³/mol. The second-order valence-corrected chi connectivity index (χ2v) is 5.11. The summed E-state index contributed by atoms with van der Waals surface area (Å²) >= 11 is 0. The van der Waals surface area contributed by atoms with Gasteiger partial charge in [-0.3, -0.25) is 4.68 Å². The van der Waals surface area contributed by atoms with Gasteiger partial charge in [-0.15, -0.1) is 0 Å². The van der Waals surface area contributed by atoms with Crippen LogP contribution < -0.4 is 5.32 Å². The molecule has 104 valence electrons. The zero-order valence-corrected chi connectivity index (χ0v) is 12.6. The van der Waals surface area contributed by atoms with E-state index in [9.17, 15) is 0 Å². The average molecular weight is 253 g/mol. The zero-order valence-electron chi connectivity index (χ0n) is 12.6. The van der Waals surface area contributed by atoms with Gasteiger partial charge in [-0.2, -0.15) is 5.10 Å². The molecule has 0 unspecified atom stereocenters. The molecule has 0 aliphatic rings. The first-order chi connectivity index (χ1) is 8.49. The topological polar surface area (TPSA) is 39.1 Å². The largest absolute Gasteiger partial charge is 0.383 e. The van der Waals surface area contributed by atoms with E-state index < -0.39 is 0 Å². The molecular weight excluding hydrogens is 226 g/mol. The number of rotatable bonds is 7. The maximum Gasteiger partial charge on any atom is 0.0628 e. The van der Waals surface area contributed by atoms with E-state index in [1.165, 1.54) is 11.3 Å². The van der Waals surface area contributed by atoms with Gasteiger partial charge in [-0.05, 0) is 39.2 Å². The highest BCUT2D eigenvalue weighted by Crippen LogP contribution is 2.14. The highest BCUT2D eigenvalue weighted by Gasteiger charge is 2.15. The highest BCUT2D eigenvalue weighted by molar-refractivity contribution is 5.25. The van der Waals surface area contributed by atoms with Gasteiger partial charge in [0.1, 0.15) is 0 Å². The van der Waals surface area contributed by atoms with Crippen molar-refractivity contribution in [3.63, 3.8) is 0 Å². The minimum Gasteiger partial charge on any atom is -0.383 e. The van der Waals surface area contributed by atoms with Gasteiger partial charge in [0.25, 0.3) is 0 Å². The summed E-state index contributed by atoms with van der Waals surface area (Å²) in [7, 11) is 3.76. The van der Waals surface area contributed by atoms with Gasteiger partial charge in [0.05, 0.1) is 12.3 Å². The predicted octanol–water partition coefficient (Wildman–Crippen LogP) is 1.98. The molecule has 0 fully saturated rings. The fraction of sp³-hybridized carbons (Fsp3) is 0.786. The Balaban J connectivity index is 2.61. The van der Waals surface area contributed by atoms with Gasteiger partial charge in [0.15, 0.2) is 0 Å². The van der Waals surface area contributed by atoms with E-state index in [-0.39, 0.29) is 0 Å². The van der Waals surface area contributed by atoms with Crippen LogP contribution in [0.25, 0.3) is 0 Å². The minimum absolute atomic E-state index is 0.433. The summed E-state index contributed by atoms with van der Waals surface area (Å²) < 4.78 is 7.18. The molecule has 18 heavy (non-hydrogen) atoms. The molecule has 0 aliphatic carbocycles. The lowest BCUT2D eigenvalue weighted by Gasteiger charge is -2.21. The first-order valence-electron chi connectivity index (χ1n) is 6.73. The molecule has 4 nitrogen and oxygen atoms in total. The molecule has 1 aromatic rings. The first kappa shape index (κ1) is 15.2. The van der Waals surface area contributed by atoms with Crippen LogP contribution in [-0.4, -0.2) is 35.6 Å². The molecule has 0 amide bonds. The summed E-state index contributed by atoms with van der Waals surface area (Å²) in [6.45, 7) is 9.40. The molecule has 0 saturated carbocycles. The Labute approximate surface area is 111 Å². The molecule has 0 aliphatic heterocycles. The first-order valence-corrected chi connectivity index (χ1v) is 6.73. The van der Waals surface area contributed by atoms with Gasteiger partial charge in [0.2, 0.25) is 0 Å². The second-order valence-electron chi connectivity index (χ2n) is 5.11. The average Bonchev–Trinajstić information content (AvgIpc) is 2.55. The summed E-state index contributed by atoms with van der Waals surface area (Å²) in [6.07, 6.45) is 2.11. The van der Waals surface area contributed by atoms with Crippen LogP contribution >= 0.6 is 0 Å². The number of nitrogens with zero attached hydrogens (tertiary/aromatic N) is 2.